The van der Waals surface area contributed by atoms with Crippen molar-refractivity contribution in [3.63, 3.8) is 0 Å². The van der Waals surface area contributed by atoms with Crippen molar-refractivity contribution in [2.45, 2.75) is 19.8 Å². The van der Waals surface area contributed by atoms with Gasteiger partial charge in [-0.25, -0.2) is 14.8 Å². The first kappa shape index (κ1) is 20.0. The van der Waals surface area contributed by atoms with Crippen molar-refractivity contribution in [3.05, 3.63) is 77.7 Å². The fourth-order valence-electron chi connectivity index (χ4n) is 2.84. The Morgan fingerprint density at radius 3 is 2.55 bits per heavy atom. The molecule has 0 aliphatic rings. The van der Waals surface area contributed by atoms with Crippen molar-refractivity contribution < 1.29 is 14.3 Å². The van der Waals surface area contributed by atoms with E-state index in [1.807, 2.05) is 24.3 Å². The molecule has 0 atom stereocenters. The summed E-state index contributed by atoms with van der Waals surface area (Å²) in [6, 6.07) is 16.0. The first-order chi connectivity index (χ1) is 14.0. The summed E-state index contributed by atoms with van der Waals surface area (Å²) in [5.41, 5.74) is 3.09. The summed E-state index contributed by atoms with van der Waals surface area (Å²) in [6.45, 7) is 4.14. The highest BCUT2D eigenvalue weighted by Crippen LogP contribution is 2.24. The highest BCUT2D eigenvalue weighted by molar-refractivity contribution is 6.03. The summed E-state index contributed by atoms with van der Waals surface area (Å²) in [7, 11) is 1.33. The van der Waals surface area contributed by atoms with E-state index in [1.165, 1.54) is 13.4 Å². The van der Waals surface area contributed by atoms with Gasteiger partial charge in [-0.2, -0.15) is 0 Å². The van der Waals surface area contributed by atoms with Gasteiger partial charge in [0.25, 0.3) is 5.91 Å². The lowest BCUT2D eigenvalue weighted by atomic mass is 10.0. The molecule has 3 aromatic rings. The third kappa shape index (κ3) is 4.95. The summed E-state index contributed by atoms with van der Waals surface area (Å²) in [5, 5.41) is 5.99. The molecule has 0 unspecified atom stereocenters. The Kier molecular flexibility index (Phi) is 6.19. The third-order valence-corrected chi connectivity index (χ3v) is 4.29. The second kappa shape index (κ2) is 8.97. The van der Waals surface area contributed by atoms with Gasteiger partial charge in [0.05, 0.1) is 12.7 Å². The molecule has 1 aromatic heterocycles. The van der Waals surface area contributed by atoms with Crippen LogP contribution in [-0.2, 0) is 4.74 Å². The molecule has 0 aliphatic heterocycles. The Balaban J connectivity index is 1.78. The van der Waals surface area contributed by atoms with Crippen molar-refractivity contribution in [1.29, 1.82) is 0 Å². The molecule has 0 saturated heterocycles. The van der Waals surface area contributed by atoms with E-state index in [-0.39, 0.29) is 17.5 Å². The van der Waals surface area contributed by atoms with Gasteiger partial charge in [-0.05, 0) is 35.7 Å². The maximum Gasteiger partial charge on any atom is 0.337 e. The fourth-order valence-corrected chi connectivity index (χ4v) is 2.84. The number of nitrogens with zero attached hydrogens (tertiary/aromatic N) is 2. The SMILES string of the molecule is COC(=O)c1cccc(Nc2cc(C(=O)Nc3ccccc3C(C)C)ncn2)c1. The molecule has 7 nitrogen and oxygen atoms in total. The first-order valence-electron chi connectivity index (χ1n) is 9.15. The van der Waals surface area contributed by atoms with E-state index < -0.39 is 5.97 Å². The fraction of sp³-hybridized carbons (Fsp3) is 0.182. The van der Waals surface area contributed by atoms with Crippen LogP contribution in [0.3, 0.4) is 0 Å². The summed E-state index contributed by atoms with van der Waals surface area (Å²) in [6.07, 6.45) is 1.32. The van der Waals surface area contributed by atoms with Crippen LogP contribution in [0.1, 0.15) is 46.2 Å². The van der Waals surface area contributed by atoms with Crippen LogP contribution in [-0.4, -0.2) is 29.0 Å². The Morgan fingerprint density at radius 1 is 1.00 bits per heavy atom. The number of amides is 1. The Bertz CT molecular complexity index is 1030. The topological polar surface area (TPSA) is 93.2 Å². The number of aromatic nitrogens is 2. The van der Waals surface area contributed by atoms with Gasteiger partial charge in [0.2, 0.25) is 0 Å². The molecule has 2 aromatic carbocycles. The lowest BCUT2D eigenvalue weighted by molar-refractivity contribution is 0.0600. The van der Waals surface area contributed by atoms with E-state index in [0.717, 1.165) is 11.3 Å². The lowest BCUT2D eigenvalue weighted by Crippen LogP contribution is -2.15. The highest BCUT2D eigenvalue weighted by atomic mass is 16.5. The standard InChI is InChI=1S/C22H22N4O3/c1-14(2)17-9-4-5-10-18(17)26-21(27)19-12-20(24-13-23-19)25-16-8-6-7-15(11-16)22(28)29-3/h4-14H,1-3H3,(H,26,27)(H,23,24,25). The van der Waals surface area contributed by atoms with Crippen LogP contribution in [0, 0.1) is 0 Å². The first-order valence-corrected chi connectivity index (χ1v) is 9.15. The number of esters is 1. The maximum absolute atomic E-state index is 12.7. The van der Waals surface area contributed by atoms with Crippen molar-refractivity contribution >= 4 is 29.1 Å². The zero-order valence-electron chi connectivity index (χ0n) is 16.5. The average Bonchev–Trinajstić information content (AvgIpc) is 2.73. The van der Waals surface area contributed by atoms with Crippen LogP contribution < -0.4 is 10.6 Å². The summed E-state index contributed by atoms with van der Waals surface area (Å²) >= 11 is 0. The molecular weight excluding hydrogens is 368 g/mol. The van der Waals surface area contributed by atoms with Gasteiger partial charge in [-0.15, -0.1) is 0 Å². The second-order valence-electron chi connectivity index (χ2n) is 6.68. The summed E-state index contributed by atoms with van der Waals surface area (Å²) in [4.78, 5) is 32.6. The lowest BCUT2D eigenvalue weighted by Gasteiger charge is -2.13. The molecule has 0 fully saturated rings. The largest absolute Gasteiger partial charge is 0.465 e. The van der Waals surface area contributed by atoms with Crippen LogP contribution in [0.2, 0.25) is 0 Å². The van der Waals surface area contributed by atoms with Crippen molar-refractivity contribution in [2.75, 3.05) is 17.7 Å². The molecular formula is C22H22N4O3. The number of hydrogen-bond donors (Lipinski definition) is 2. The average molecular weight is 390 g/mol. The van der Waals surface area contributed by atoms with Gasteiger partial charge in [-0.3, -0.25) is 4.79 Å². The Labute approximate surface area is 169 Å². The van der Waals surface area contributed by atoms with E-state index in [0.29, 0.717) is 17.1 Å². The van der Waals surface area contributed by atoms with Gasteiger partial charge in [-0.1, -0.05) is 38.1 Å². The molecule has 1 heterocycles. The minimum absolute atomic E-state index is 0.227. The van der Waals surface area contributed by atoms with Crippen LogP contribution in [0.4, 0.5) is 17.2 Å². The smallest absolute Gasteiger partial charge is 0.337 e. The molecule has 3 rings (SSSR count). The number of hydrogen-bond acceptors (Lipinski definition) is 6. The number of carbonyl (C=O) groups excluding carboxylic acids is 2. The van der Waals surface area contributed by atoms with E-state index in [4.69, 9.17) is 4.74 Å². The molecule has 0 spiro atoms. The minimum atomic E-state index is -0.430. The van der Waals surface area contributed by atoms with Crippen molar-refractivity contribution in [3.8, 4) is 0 Å². The van der Waals surface area contributed by atoms with Gasteiger partial charge in [0.15, 0.2) is 0 Å². The second-order valence-corrected chi connectivity index (χ2v) is 6.68. The minimum Gasteiger partial charge on any atom is -0.465 e. The van der Waals surface area contributed by atoms with Gasteiger partial charge < -0.3 is 15.4 Å². The van der Waals surface area contributed by atoms with Crippen LogP contribution in [0.5, 0.6) is 0 Å². The van der Waals surface area contributed by atoms with E-state index >= 15 is 0 Å². The van der Waals surface area contributed by atoms with Gasteiger partial charge >= 0.3 is 5.97 Å². The number of carbonyl (C=O) groups is 2. The van der Waals surface area contributed by atoms with Gasteiger partial charge in [0.1, 0.15) is 17.8 Å². The number of anilines is 3. The zero-order valence-corrected chi connectivity index (χ0v) is 16.5. The molecule has 0 bridgehead atoms. The van der Waals surface area contributed by atoms with Crippen LogP contribution in [0.15, 0.2) is 60.9 Å². The quantitative estimate of drug-likeness (QED) is 0.607. The highest BCUT2D eigenvalue weighted by Gasteiger charge is 2.13. The van der Waals surface area contributed by atoms with E-state index in [9.17, 15) is 9.59 Å². The molecule has 2 N–H and O–H groups in total. The molecule has 7 heteroatoms. The molecule has 29 heavy (non-hydrogen) atoms. The van der Waals surface area contributed by atoms with Crippen molar-refractivity contribution in [1.82, 2.24) is 9.97 Å². The van der Waals surface area contributed by atoms with E-state index in [1.54, 1.807) is 30.3 Å². The Morgan fingerprint density at radius 2 is 1.79 bits per heavy atom. The Hall–Kier alpha value is -3.74. The number of rotatable bonds is 6. The zero-order chi connectivity index (χ0) is 20.8. The summed E-state index contributed by atoms with van der Waals surface area (Å²) < 4.78 is 4.73. The van der Waals surface area contributed by atoms with E-state index in [2.05, 4.69) is 34.4 Å². The molecule has 148 valence electrons. The predicted molar refractivity (Wildman–Crippen MR) is 112 cm³/mol. The normalized spacial score (nSPS) is 10.5. The van der Waals surface area contributed by atoms with Crippen molar-refractivity contribution in [2.24, 2.45) is 0 Å². The predicted octanol–water partition coefficient (Wildman–Crippen LogP) is 4.38. The number of para-hydroxylation sites is 1. The summed E-state index contributed by atoms with van der Waals surface area (Å²) in [5.74, 6) is -0.0485. The monoisotopic (exact) mass is 390 g/mol. The number of benzene rings is 2. The third-order valence-electron chi connectivity index (χ3n) is 4.29. The molecule has 0 radical (unpaired) electrons. The van der Waals surface area contributed by atoms with Gasteiger partial charge in [0, 0.05) is 17.4 Å². The van der Waals surface area contributed by atoms with Crippen LogP contribution >= 0.6 is 0 Å². The number of ether oxygens (including phenoxy) is 1. The number of methoxy groups -OCH3 is 1. The molecule has 1 amide bonds. The molecule has 0 aliphatic carbocycles. The van der Waals surface area contributed by atoms with Crippen LogP contribution in [0.25, 0.3) is 0 Å². The number of nitrogens with one attached hydrogen (secondary N) is 2. The maximum atomic E-state index is 12.7. The molecule has 0 saturated carbocycles.